The van der Waals surface area contributed by atoms with Crippen LogP contribution in [0.3, 0.4) is 0 Å². The molecule has 0 radical (unpaired) electrons. The molecule has 21 nitrogen and oxygen atoms in total. The van der Waals surface area contributed by atoms with Gasteiger partial charge in [-0.15, -0.1) is 11.8 Å². The Morgan fingerprint density at radius 3 is 2.31 bits per heavy atom. The van der Waals surface area contributed by atoms with E-state index in [1.54, 1.807) is 19.1 Å². The van der Waals surface area contributed by atoms with Crippen LogP contribution in [-0.2, 0) is 64.0 Å². The van der Waals surface area contributed by atoms with E-state index >= 15 is 0 Å². The van der Waals surface area contributed by atoms with Gasteiger partial charge in [0.05, 0.1) is 29.9 Å². The second-order valence-electron chi connectivity index (χ2n) is 13.5. The highest BCUT2D eigenvalue weighted by atomic mass is 32.2. The van der Waals surface area contributed by atoms with Gasteiger partial charge in [-0.25, -0.2) is 4.79 Å². The maximum atomic E-state index is 13.5. The first kappa shape index (κ1) is 51.1. The van der Waals surface area contributed by atoms with Crippen LogP contribution in [0, 0.1) is 5.92 Å². The van der Waals surface area contributed by atoms with Gasteiger partial charge in [-0.1, -0.05) is 6.42 Å². The average Bonchev–Trinajstić information content (AvgIpc) is 3.47. The van der Waals surface area contributed by atoms with Gasteiger partial charge in [-0.2, -0.15) is 0 Å². The summed E-state index contributed by atoms with van der Waals surface area (Å²) >= 11 is 0.917. The zero-order valence-corrected chi connectivity index (χ0v) is 35.7. The molecule has 0 unspecified atom stereocenters. The summed E-state index contributed by atoms with van der Waals surface area (Å²) in [5.41, 5.74) is 0.806. The fourth-order valence-corrected chi connectivity index (χ4v) is 6.42. The summed E-state index contributed by atoms with van der Waals surface area (Å²) in [6.07, 6.45) is 0.586. The first-order valence-electron chi connectivity index (χ1n) is 19.4. The number of unbranched alkanes of at least 4 members (excludes halogenated alkanes) is 1. The number of hydrogen-bond acceptors (Lipinski definition) is 15. The van der Waals surface area contributed by atoms with Gasteiger partial charge in [-0.05, 0) is 31.9 Å². The quantitative estimate of drug-likeness (QED) is 0.0275. The van der Waals surface area contributed by atoms with E-state index in [0.717, 1.165) is 22.7 Å². The van der Waals surface area contributed by atoms with E-state index in [1.165, 1.54) is 33.9 Å². The molecule has 1 aliphatic heterocycles. The summed E-state index contributed by atoms with van der Waals surface area (Å²) in [7, 11) is 1.41. The predicted molar refractivity (Wildman–Crippen MR) is 219 cm³/mol. The van der Waals surface area contributed by atoms with Crippen molar-refractivity contribution >= 4 is 77.1 Å². The number of anilines is 1. The van der Waals surface area contributed by atoms with Crippen LogP contribution >= 0.6 is 11.8 Å². The van der Waals surface area contributed by atoms with E-state index in [2.05, 4.69) is 31.9 Å². The van der Waals surface area contributed by atoms with Crippen molar-refractivity contribution < 1.29 is 66.9 Å². The van der Waals surface area contributed by atoms with Crippen LogP contribution < -0.4 is 36.6 Å². The lowest BCUT2D eigenvalue weighted by molar-refractivity contribution is -0.138. The van der Waals surface area contributed by atoms with Crippen LogP contribution in [0.25, 0.3) is 0 Å². The van der Waals surface area contributed by atoms with Crippen molar-refractivity contribution in [2.75, 3.05) is 57.6 Å². The van der Waals surface area contributed by atoms with Crippen molar-refractivity contribution in [2.24, 2.45) is 5.92 Å². The lowest BCUT2D eigenvalue weighted by atomic mass is 9.92. The first-order chi connectivity index (χ1) is 29.0. The lowest BCUT2D eigenvalue weighted by Crippen LogP contribution is -2.39. The number of amides is 8. The van der Waals surface area contributed by atoms with Crippen molar-refractivity contribution in [3.63, 3.8) is 0 Å². The van der Waals surface area contributed by atoms with Gasteiger partial charge in [0.2, 0.25) is 29.5 Å². The highest BCUT2D eigenvalue weighted by molar-refractivity contribution is 8.04. The summed E-state index contributed by atoms with van der Waals surface area (Å²) in [6, 6.07) is 3.93. The Morgan fingerprint density at radius 1 is 0.902 bits per heavy atom. The Labute approximate surface area is 357 Å². The van der Waals surface area contributed by atoms with E-state index < -0.39 is 53.8 Å². The van der Waals surface area contributed by atoms with Crippen LogP contribution in [-0.4, -0.2) is 129 Å². The molecular weight excluding hydrogens is 823 g/mol. The highest BCUT2D eigenvalue weighted by Crippen LogP contribution is 2.27. The zero-order valence-electron chi connectivity index (χ0n) is 34.9. The van der Waals surface area contributed by atoms with Crippen LogP contribution in [0.15, 0.2) is 29.2 Å². The average molecular weight is 878 g/mol. The van der Waals surface area contributed by atoms with E-state index in [1.807, 2.05) is 0 Å². The van der Waals surface area contributed by atoms with Crippen LogP contribution in [0.2, 0.25) is 0 Å². The standard InChI is InChI=1S/C39H55N7O14S/c1-24(43-26(3)49)31(51)18-28(8-6-7-12-41-25(2)48)37(54)45-30-10-9-29(21-59-39(56)40-5)32(19-30)58-17-16-57-15-13-42-34(52)11-14-46-36(53)20-33(38(46)55)61-22-35(60-23-47)44-27(4)50/h9-10,19-20,23-24,28,35H,6-8,11-18,21-22H2,1-5H3,(H,40,56)(H,41,48)(H,42,52)(H,43,49)(H,44,50)(H,45,54)/t24-,28+,35+/m0/s1. The van der Waals surface area contributed by atoms with Crippen LogP contribution in [0.5, 0.6) is 5.75 Å². The molecule has 336 valence electrons. The Hall–Kier alpha value is -6.03. The van der Waals surface area contributed by atoms with Gasteiger partial charge < -0.3 is 50.8 Å². The topological polar surface area (TPSA) is 283 Å². The number of ketones is 1. The predicted octanol–water partition coefficient (Wildman–Crippen LogP) is 0.410. The maximum Gasteiger partial charge on any atom is 0.407 e. The Bertz CT molecular complexity index is 1770. The van der Waals surface area contributed by atoms with Gasteiger partial charge in [0, 0.05) is 89.6 Å². The number of rotatable bonds is 29. The molecule has 0 saturated heterocycles. The molecule has 1 aromatic carbocycles. The molecule has 61 heavy (non-hydrogen) atoms. The molecule has 6 N–H and O–H groups in total. The summed E-state index contributed by atoms with van der Waals surface area (Å²) in [5.74, 6) is -3.93. The monoisotopic (exact) mass is 877 g/mol. The largest absolute Gasteiger partial charge is 0.491 e. The molecule has 8 amide bonds. The number of carbonyl (C=O) groups is 10. The minimum absolute atomic E-state index is 0.0151. The number of benzene rings is 1. The van der Waals surface area contributed by atoms with E-state index in [9.17, 15) is 47.9 Å². The number of ether oxygens (including phenoxy) is 4. The summed E-state index contributed by atoms with van der Waals surface area (Å²) < 4.78 is 21.4. The van der Waals surface area contributed by atoms with E-state index in [4.69, 9.17) is 18.9 Å². The molecule has 0 fully saturated rings. The third-order valence-electron chi connectivity index (χ3n) is 8.54. The third kappa shape index (κ3) is 20.2. The van der Waals surface area contributed by atoms with Crippen LogP contribution in [0.1, 0.15) is 65.4 Å². The number of nitrogens with one attached hydrogen (secondary N) is 6. The number of nitrogens with zero attached hydrogens (tertiary/aromatic N) is 1. The highest BCUT2D eigenvalue weighted by Gasteiger charge is 2.32. The van der Waals surface area contributed by atoms with Crippen molar-refractivity contribution in [2.45, 2.75) is 78.7 Å². The molecule has 0 saturated carbocycles. The van der Waals surface area contributed by atoms with Gasteiger partial charge in [-0.3, -0.25) is 48.1 Å². The van der Waals surface area contributed by atoms with Crippen molar-refractivity contribution in [3.05, 3.63) is 34.7 Å². The number of Topliss-reactive ketones (excluding diaryl/α,β-unsaturated/α-hetero) is 1. The minimum Gasteiger partial charge on any atom is -0.491 e. The summed E-state index contributed by atoms with van der Waals surface area (Å²) in [6.45, 7) is 5.98. The molecule has 1 heterocycles. The van der Waals surface area contributed by atoms with Crippen molar-refractivity contribution in [3.8, 4) is 5.75 Å². The SMILES string of the molecule is CNC(=O)OCc1ccc(NC(=O)[C@H](CCCCNC(C)=O)CC(=O)[C@H](C)NC(C)=O)cc1OCCOCCNC(=O)CCN1C(=O)C=C(SC[C@H](NC(C)=O)OC=O)C1=O. The Kier molecular flexibility index (Phi) is 23.2. The second kappa shape index (κ2) is 27.7. The molecule has 22 heteroatoms. The number of hydrogen-bond donors (Lipinski definition) is 6. The Balaban J connectivity index is 1.91. The smallest absolute Gasteiger partial charge is 0.407 e. The minimum atomic E-state index is -1.00. The third-order valence-corrected chi connectivity index (χ3v) is 9.61. The maximum absolute atomic E-state index is 13.5. The molecule has 0 aromatic heterocycles. The fourth-order valence-electron chi connectivity index (χ4n) is 5.51. The van der Waals surface area contributed by atoms with Crippen molar-refractivity contribution in [1.29, 1.82) is 0 Å². The summed E-state index contributed by atoms with van der Waals surface area (Å²) in [5, 5.41) is 15.4. The van der Waals surface area contributed by atoms with Gasteiger partial charge in [0.1, 0.15) is 19.0 Å². The Morgan fingerprint density at radius 2 is 1.64 bits per heavy atom. The number of alkyl carbamates (subject to hydrolysis) is 1. The molecule has 3 atom stereocenters. The first-order valence-corrected chi connectivity index (χ1v) is 20.4. The second-order valence-corrected chi connectivity index (χ2v) is 14.6. The molecular formula is C39H55N7O14S. The zero-order chi connectivity index (χ0) is 45.3. The molecule has 1 aliphatic rings. The summed E-state index contributed by atoms with van der Waals surface area (Å²) in [4.78, 5) is 121. The van der Waals surface area contributed by atoms with E-state index in [0.29, 0.717) is 37.1 Å². The van der Waals surface area contributed by atoms with Crippen LogP contribution in [0.4, 0.5) is 10.5 Å². The fraction of sp³-hybridized carbons (Fsp3) is 0.538. The number of carbonyl (C=O) groups excluding carboxylic acids is 10. The molecule has 0 spiro atoms. The number of thioether (sulfide) groups is 1. The number of imide groups is 1. The molecule has 0 bridgehead atoms. The molecule has 1 aromatic rings. The van der Waals surface area contributed by atoms with Gasteiger partial charge >= 0.3 is 6.09 Å². The molecule has 2 rings (SSSR count). The van der Waals surface area contributed by atoms with Crippen molar-refractivity contribution in [1.82, 2.24) is 31.5 Å². The lowest BCUT2D eigenvalue weighted by Gasteiger charge is -2.20. The van der Waals surface area contributed by atoms with Gasteiger partial charge in [0.25, 0.3) is 18.3 Å². The molecule has 0 aliphatic carbocycles. The van der Waals surface area contributed by atoms with E-state index in [-0.39, 0.29) is 92.8 Å². The van der Waals surface area contributed by atoms with Gasteiger partial charge in [0.15, 0.2) is 12.0 Å². The normalized spacial score (nSPS) is 13.5.